The number of piperidine rings is 1. The zero-order valence-corrected chi connectivity index (χ0v) is 11.1. The van der Waals surface area contributed by atoms with Gasteiger partial charge in [0.25, 0.3) is 0 Å². The van der Waals surface area contributed by atoms with Gasteiger partial charge in [-0.3, -0.25) is 0 Å². The molecule has 2 aliphatic heterocycles. The fraction of sp³-hybridized carbons (Fsp3) is 0.786. The van der Waals surface area contributed by atoms with E-state index in [1.807, 2.05) is 0 Å². The van der Waals surface area contributed by atoms with Crippen LogP contribution < -0.4 is 10.2 Å². The van der Waals surface area contributed by atoms with Crippen LogP contribution in [-0.4, -0.2) is 35.2 Å². The smallest absolute Gasteiger partial charge is 0.206 e. The Kier molecular flexibility index (Phi) is 2.40. The van der Waals surface area contributed by atoms with Gasteiger partial charge >= 0.3 is 0 Å². The number of hydrogen-bond acceptors (Lipinski definition) is 3. The summed E-state index contributed by atoms with van der Waals surface area (Å²) in [5, 5.41) is 3.67. The van der Waals surface area contributed by atoms with Crippen LogP contribution in [0.25, 0.3) is 0 Å². The van der Waals surface area contributed by atoms with Gasteiger partial charge in [0.2, 0.25) is 5.95 Å². The van der Waals surface area contributed by atoms with Gasteiger partial charge in [0.1, 0.15) is 0 Å². The Labute approximate surface area is 108 Å². The number of imidazole rings is 1. The molecule has 1 aromatic rings. The Morgan fingerprint density at radius 2 is 2.17 bits per heavy atom. The molecule has 0 spiro atoms. The summed E-state index contributed by atoms with van der Waals surface area (Å²) in [6.07, 6.45) is 7.63. The van der Waals surface area contributed by atoms with Crippen molar-refractivity contribution < 1.29 is 0 Å². The van der Waals surface area contributed by atoms with Gasteiger partial charge in [-0.2, -0.15) is 0 Å². The van der Waals surface area contributed by atoms with E-state index in [4.69, 9.17) is 4.98 Å². The number of aryl methyl sites for hydroxylation is 1. The molecule has 1 aliphatic carbocycles. The van der Waals surface area contributed by atoms with Gasteiger partial charge in [0.15, 0.2) is 0 Å². The topological polar surface area (TPSA) is 33.1 Å². The third-order valence-corrected chi connectivity index (χ3v) is 4.66. The third kappa shape index (κ3) is 1.74. The van der Waals surface area contributed by atoms with Crippen molar-refractivity contribution in [1.82, 2.24) is 14.9 Å². The normalized spacial score (nSPS) is 31.7. The molecular formula is C14H22N4. The summed E-state index contributed by atoms with van der Waals surface area (Å²) in [5.41, 5.74) is 1.17. The fourth-order valence-corrected chi connectivity index (χ4v) is 3.57. The highest BCUT2D eigenvalue weighted by atomic mass is 15.3. The Balaban J connectivity index is 1.59. The summed E-state index contributed by atoms with van der Waals surface area (Å²) in [4.78, 5) is 7.29. The Morgan fingerprint density at radius 3 is 2.94 bits per heavy atom. The van der Waals surface area contributed by atoms with E-state index in [1.165, 1.54) is 50.4 Å². The lowest BCUT2D eigenvalue weighted by atomic mass is 9.94. The monoisotopic (exact) mass is 246 g/mol. The Hall–Kier alpha value is -1.03. The van der Waals surface area contributed by atoms with Crippen LogP contribution in [0.1, 0.15) is 37.4 Å². The standard InChI is InChI=1S/C14H22N4/c1-10-7-18(12-4-5-12)14(16-10)17-8-11-3-2-6-15-13(11)9-17/h7,11-13,15H,2-6,8-9H2,1H3/t11-,13+/m0/s1. The number of fused-ring (bicyclic) bond motifs is 1. The summed E-state index contributed by atoms with van der Waals surface area (Å²) < 4.78 is 2.42. The molecule has 1 aromatic heterocycles. The van der Waals surface area contributed by atoms with Crippen molar-refractivity contribution >= 4 is 5.95 Å². The molecule has 0 unspecified atom stereocenters. The van der Waals surface area contributed by atoms with Gasteiger partial charge in [-0.25, -0.2) is 4.98 Å². The van der Waals surface area contributed by atoms with Gasteiger partial charge in [0.05, 0.1) is 5.69 Å². The van der Waals surface area contributed by atoms with Crippen molar-refractivity contribution in [3.8, 4) is 0 Å². The molecule has 4 heteroatoms. The predicted octanol–water partition coefficient (Wildman–Crippen LogP) is 1.71. The maximum Gasteiger partial charge on any atom is 0.206 e. The average molecular weight is 246 g/mol. The maximum atomic E-state index is 4.77. The van der Waals surface area contributed by atoms with Crippen molar-refractivity contribution in [2.75, 3.05) is 24.5 Å². The van der Waals surface area contributed by atoms with E-state index in [-0.39, 0.29) is 0 Å². The van der Waals surface area contributed by atoms with Crippen molar-refractivity contribution in [1.29, 1.82) is 0 Å². The summed E-state index contributed by atoms with van der Waals surface area (Å²) in [5.74, 6) is 2.06. The van der Waals surface area contributed by atoms with E-state index in [0.717, 1.165) is 18.5 Å². The lowest BCUT2D eigenvalue weighted by molar-refractivity contribution is 0.340. The third-order valence-electron chi connectivity index (χ3n) is 4.66. The number of hydrogen-bond donors (Lipinski definition) is 1. The summed E-state index contributed by atoms with van der Waals surface area (Å²) in [6, 6.07) is 1.43. The minimum Gasteiger partial charge on any atom is -0.340 e. The molecular weight excluding hydrogens is 224 g/mol. The largest absolute Gasteiger partial charge is 0.340 e. The highest BCUT2D eigenvalue weighted by Crippen LogP contribution is 2.39. The molecule has 0 aromatic carbocycles. The van der Waals surface area contributed by atoms with Crippen molar-refractivity contribution in [3.63, 3.8) is 0 Å². The number of aromatic nitrogens is 2. The van der Waals surface area contributed by atoms with Crippen LogP contribution in [0, 0.1) is 12.8 Å². The highest BCUT2D eigenvalue weighted by Gasteiger charge is 2.37. The molecule has 3 heterocycles. The fourth-order valence-electron chi connectivity index (χ4n) is 3.57. The zero-order chi connectivity index (χ0) is 12.1. The number of nitrogens with zero attached hydrogens (tertiary/aromatic N) is 3. The SMILES string of the molecule is Cc1cn(C2CC2)c(N2C[C@@H]3CCCN[C@@H]3C2)n1. The molecule has 3 fully saturated rings. The molecule has 3 aliphatic rings. The van der Waals surface area contributed by atoms with Gasteiger partial charge in [-0.15, -0.1) is 0 Å². The highest BCUT2D eigenvalue weighted by molar-refractivity contribution is 5.37. The van der Waals surface area contributed by atoms with E-state index in [0.29, 0.717) is 6.04 Å². The van der Waals surface area contributed by atoms with E-state index in [9.17, 15) is 0 Å². The molecule has 2 atom stereocenters. The quantitative estimate of drug-likeness (QED) is 0.862. The molecule has 1 saturated carbocycles. The van der Waals surface area contributed by atoms with Gasteiger partial charge in [0, 0.05) is 31.4 Å². The van der Waals surface area contributed by atoms with Crippen LogP contribution in [0.2, 0.25) is 0 Å². The lowest BCUT2D eigenvalue weighted by Crippen LogP contribution is -2.40. The number of anilines is 1. The van der Waals surface area contributed by atoms with Gasteiger partial charge in [-0.1, -0.05) is 0 Å². The molecule has 0 amide bonds. The minimum absolute atomic E-state index is 0.698. The van der Waals surface area contributed by atoms with Crippen LogP contribution in [0.15, 0.2) is 6.20 Å². The van der Waals surface area contributed by atoms with E-state index >= 15 is 0 Å². The summed E-state index contributed by atoms with van der Waals surface area (Å²) in [7, 11) is 0. The molecule has 4 nitrogen and oxygen atoms in total. The van der Waals surface area contributed by atoms with Crippen LogP contribution in [-0.2, 0) is 0 Å². The molecule has 98 valence electrons. The van der Waals surface area contributed by atoms with Crippen LogP contribution >= 0.6 is 0 Å². The average Bonchev–Trinajstić information content (AvgIpc) is 3.00. The number of rotatable bonds is 2. The Morgan fingerprint density at radius 1 is 1.28 bits per heavy atom. The first kappa shape index (κ1) is 10.9. The number of nitrogens with one attached hydrogen (secondary N) is 1. The molecule has 1 N–H and O–H groups in total. The van der Waals surface area contributed by atoms with Crippen molar-refractivity contribution in [3.05, 3.63) is 11.9 Å². The van der Waals surface area contributed by atoms with E-state index in [1.54, 1.807) is 0 Å². The molecule has 0 radical (unpaired) electrons. The first-order chi connectivity index (χ1) is 8.81. The maximum absolute atomic E-state index is 4.77. The van der Waals surface area contributed by atoms with Crippen LogP contribution in [0.3, 0.4) is 0 Å². The molecule has 4 rings (SSSR count). The molecule has 2 saturated heterocycles. The molecule has 0 bridgehead atoms. The predicted molar refractivity (Wildman–Crippen MR) is 72.0 cm³/mol. The van der Waals surface area contributed by atoms with Crippen LogP contribution in [0.5, 0.6) is 0 Å². The summed E-state index contributed by atoms with van der Waals surface area (Å²) >= 11 is 0. The van der Waals surface area contributed by atoms with E-state index < -0.39 is 0 Å². The second-order valence-electron chi connectivity index (χ2n) is 6.19. The van der Waals surface area contributed by atoms with Crippen molar-refractivity contribution in [2.45, 2.75) is 44.7 Å². The minimum atomic E-state index is 0.698. The molecule has 18 heavy (non-hydrogen) atoms. The second-order valence-corrected chi connectivity index (χ2v) is 6.19. The van der Waals surface area contributed by atoms with E-state index in [2.05, 4.69) is 27.9 Å². The first-order valence-electron chi connectivity index (χ1n) is 7.35. The van der Waals surface area contributed by atoms with Crippen molar-refractivity contribution in [2.24, 2.45) is 5.92 Å². The van der Waals surface area contributed by atoms with Gasteiger partial charge in [-0.05, 0) is 45.1 Å². The first-order valence-corrected chi connectivity index (χ1v) is 7.35. The summed E-state index contributed by atoms with van der Waals surface area (Å²) in [6.45, 7) is 5.66. The zero-order valence-electron chi connectivity index (χ0n) is 11.1. The van der Waals surface area contributed by atoms with Gasteiger partial charge < -0.3 is 14.8 Å². The lowest BCUT2D eigenvalue weighted by Gasteiger charge is -2.24. The van der Waals surface area contributed by atoms with Crippen LogP contribution in [0.4, 0.5) is 5.95 Å². The second kappa shape index (κ2) is 3.98. The Bertz CT molecular complexity index is 435.